The molecule has 1 aromatic carbocycles. The minimum Gasteiger partial charge on any atom is -0.371 e. The highest BCUT2D eigenvalue weighted by atomic mass is 16.1. The van der Waals surface area contributed by atoms with E-state index in [1.54, 1.807) is 0 Å². The zero-order valence-electron chi connectivity index (χ0n) is 15.3. The molecule has 0 spiro atoms. The first-order chi connectivity index (χ1) is 12.2. The SMILES string of the molecule is CC1CCN(c2cccc(NC(=O)CC3CC4CCC(C3)N4)c2)CC1. The Morgan fingerprint density at radius 1 is 1.16 bits per heavy atom. The average Bonchev–Trinajstić information content (AvgIpc) is 2.94. The molecule has 0 aromatic heterocycles. The Labute approximate surface area is 151 Å². The standard InChI is InChI=1S/C21H31N3O/c1-15-7-9-24(10-8-15)20-4-2-3-17(14-20)23-21(25)13-16-11-18-5-6-19(12-16)22-18/h2-4,14-16,18-19,22H,5-13H2,1H3,(H,23,25). The maximum Gasteiger partial charge on any atom is 0.224 e. The molecule has 1 aromatic rings. The van der Waals surface area contributed by atoms with Crippen molar-refractivity contribution in [2.75, 3.05) is 23.3 Å². The summed E-state index contributed by atoms with van der Waals surface area (Å²) in [6, 6.07) is 9.69. The molecule has 3 heterocycles. The number of benzene rings is 1. The van der Waals surface area contributed by atoms with E-state index in [1.165, 1.54) is 31.4 Å². The third kappa shape index (κ3) is 4.17. The third-order valence-corrected chi connectivity index (χ3v) is 6.32. The summed E-state index contributed by atoms with van der Waals surface area (Å²) < 4.78 is 0. The molecule has 1 amide bonds. The van der Waals surface area contributed by atoms with Crippen LogP contribution in [0.4, 0.5) is 11.4 Å². The number of nitrogens with one attached hydrogen (secondary N) is 2. The molecule has 4 rings (SSSR count). The first kappa shape index (κ1) is 16.9. The Hall–Kier alpha value is -1.55. The van der Waals surface area contributed by atoms with Crippen molar-refractivity contribution < 1.29 is 4.79 Å². The lowest BCUT2D eigenvalue weighted by molar-refractivity contribution is -0.117. The lowest BCUT2D eigenvalue weighted by Gasteiger charge is -2.32. The number of nitrogens with zero attached hydrogens (tertiary/aromatic N) is 1. The Balaban J connectivity index is 1.33. The van der Waals surface area contributed by atoms with Crippen molar-refractivity contribution in [3.8, 4) is 0 Å². The molecule has 4 heteroatoms. The van der Waals surface area contributed by atoms with Crippen LogP contribution in [-0.2, 0) is 4.79 Å². The van der Waals surface area contributed by atoms with Crippen molar-refractivity contribution in [3.05, 3.63) is 24.3 Å². The Kier molecular flexibility index (Phi) is 4.98. The first-order valence-corrected chi connectivity index (χ1v) is 10.1. The molecule has 2 unspecified atom stereocenters. The molecule has 2 bridgehead atoms. The van der Waals surface area contributed by atoms with Crippen molar-refractivity contribution in [1.82, 2.24) is 5.32 Å². The number of fused-ring (bicyclic) bond motifs is 2. The second-order valence-corrected chi connectivity index (χ2v) is 8.45. The number of piperidine rings is 2. The van der Waals surface area contributed by atoms with Gasteiger partial charge >= 0.3 is 0 Å². The highest BCUT2D eigenvalue weighted by Gasteiger charge is 2.34. The number of carbonyl (C=O) groups excluding carboxylic acids is 1. The van der Waals surface area contributed by atoms with Gasteiger partial charge in [0.2, 0.25) is 5.91 Å². The van der Waals surface area contributed by atoms with Crippen LogP contribution in [0.3, 0.4) is 0 Å². The predicted molar refractivity (Wildman–Crippen MR) is 103 cm³/mol. The van der Waals surface area contributed by atoms with Gasteiger partial charge in [-0.2, -0.15) is 0 Å². The van der Waals surface area contributed by atoms with Gasteiger partial charge in [-0.25, -0.2) is 0 Å². The van der Waals surface area contributed by atoms with Gasteiger partial charge in [0.15, 0.2) is 0 Å². The smallest absolute Gasteiger partial charge is 0.224 e. The molecule has 4 nitrogen and oxygen atoms in total. The van der Waals surface area contributed by atoms with Crippen molar-refractivity contribution in [2.45, 2.75) is 64.0 Å². The zero-order chi connectivity index (χ0) is 17.2. The number of carbonyl (C=O) groups is 1. The quantitative estimate of drug-likeness (QED) is 0.876. The number of anilines is 2. The van der Waals surface area contributed by atoms with Crippen molar-refractivity contribution >= 4 is 17.3 Å². The number of amides is 1. The summed E-state index contributed by atoms with van der Waals surface area (Å²) in [6.07, 6.45) is 8.09. The lowest BCUT2D eigenvalue weighted by Crippen LogP contribution is -2.39. The third-order valence-electron chi connectivity index (χ3n) is 6.32. The van der Waals surface area contributed by atoms with Crippen LogP contribution in [0.1, 0.15) is 51.9 Å². The molecular weight excluding hydrogens is 310 g/mol. The Bertz CT molecular complexity index is 597. The van der Waals surface area contributed by atoms with Gasteiger partial charge in [-0.1, -0.05) is 13.0 Å². The van der Waals surface area contributed by atoms with E-state index >= 15 is 0 Å². The van der Waals surface area contributed by atoms with Crippen LogP contribution in [0.15, 0.2) is 24.3 Å². The van der Waals surface area contributed by atoms with Crippen LogP contribution in [0, 0.1) is 11.8 Å². The van der Waals surface area contributed by atoms with Crippen LogP contribution in [0.5, 0.6) is 0 Å². The van der Waals surface area contributed by atoms with Gasteiger partial charge in [0.25, 0.3) is 0 Å². The number of hydrogen-bond acceptors (Lipinski definition) is 3. The van der Waals surface area contributed by atoms with E-state index in [0.717, 1.165) is 37.5 Å². The normalized spacial score (nSPS) is 29.6. The maximum atomic E-state index is 12.5. The Morgan fingerprint density at radius 3 is 2.60 bits per heavy atom. The summed E-state index contributed by atoms with van der Waals surface area (Å²) in [7, 11) is 0. The fraction of sp³-hybridized carbons (Fsp3) is 0.667. The minimum absolute atomic E-state index is 0.177. The van der Waals surface area contributed by atoms with Gasteiger partial charge < -0.3 is 15.5 Å². The topological polar surface area (TPSA) is 44.4 Å². The van der Waals surface area contributed by atoms with E-state index < -0.39 is 0 Å². The van der Waals surface area contributed by atoms with Crippen LogP contribution in [0.2, 0.25) is 0 Å². The lowest BCUT2D eigenvalue weighted by atomic mass is 9.89. The molecular formula is C21H31N3O. The molecule has 2 N–H and O–H groups in total. The second-order valence-electron chi connectivity index (χ2n) is 8.45. The summed E-state index contributed by atoms with van der Waals surface area (Å²) in [5.41, 5.74) is 2.18. The highest BCUT2D eigenvalue weighted by Crippen LogP contribution is 2.33. The van der Waals surface area contributed by atoms with E-state index in [1.807, 2.05) is 6.07 Å². The van der Waals surface area contributed by atoms with E-state index in [-0.39, 0.29) is 5.91 Å². The molecule has 3 fully saturated rings. The van der Waals surface area contributed by atoms with Crippen molar-refractivity contribution in [1.29, 1.82) is 0 Å². The van der Waals surface area contributed by atoms with Crippen molar-refractivity contribution in [2.24, 2.45) is 11.8 Å². The molecule has 3 aliphatic heterocycles. The van der Waals surface area contributed by atoms with Crippen LogP contribution < -0.4 is 15.5 Å². The molecule has 0 aliphatic carbocycles. The van der Waals surface area contributed by atoms with E-state index in [4.69, 9.17) is 0 Å². The largest absolute Gasteiger partial charge is 0.371 e. The van der Waals surface area contributed by atoms with Crippen LogP contribution in [0.25, 0.3) is 0 Å². The number of rotatable bonds is 4. The molecule has 136 valence electrons. The fourth-order valence-corrected chi connectivity index (χ4v) is 4.86. The highest BCUT2D eigenvalue weighted by molar-refractivity contribution is 5.91. The van der Waals surface area contributed by atoms with Gasteiger partial charge in [0.1, 0.15) is 0 Å². The van der Waals surface area contributed by atoms with E-state index in [9.17, 15) is 4.79 Å². The monoisotopic (exact) mass is 341 g/mol. The second kappa shape index (κ2) is 7.36. The van der Waals surface area contributed by atoms with Gasteiger partial charge in [0, 0.05) is 43.0 Å². The molecule has 3 saturated heterocycles. The Morgan fingerprint density at radius 2 is 1.88 bits per heavy atom. The fourth-order valence-electron chi connectivity index (χ4n) is 4.86. The van der Waals surface area contributed by atoms with Gasteiger partial charge in [-0.15, -0.1) is 0 Å². The molecule has 0 saturated carbocycles. The summed E-state index contributed by atoms with van der Waals surface area (Å²) in [5.74, 6) is 1.56. The van der Waals surface area contributed by atoms with Crippen molar-refractivity contribution in [3.63, 3.8) is 0 Å². The summed E-state index contributed by atoms with van der Waals surface area (Å²) in [4.78, 5) is 14.9. The summed E-state index contributed by atoms with van der Waals surface area (Å²) in [6.45, 7) is 4.58. The maximum absolute atomic E-state index is 12.5. The zero-order valence-corrected chi connectivity index (χ0v) is 15.3. The summed E-state index contributed by atoms with van der Waals surface area (Å²) in [5, 5.41) is 6.79. The molecule has 25 heavy (non-hydrogen) atoms. The van der Waals surface area contributed by atoms with Gasteiger partial charge in [0.05, 0.1) is 0 Å². The average molecular weight is 341 g/mol. The van der Waals surface area contributed by atoms with Crippen LogP contribution >= 0.6 is 0 Å². The summed E-state index contributed by atoms with van der Waals surface area (Å²) >= 11 is 0. The minimum atomic E-state index is 0.177. The van der Waals surface area contributed by atoms with E-state index in [0.29, 0.717) is 24.4 Å². The van der Waals surface area contributed by atoms with Gasteiger partial charge in [-0.05, 0) is 68.6 Å². The molecule has 0 radical (unpaired) electrons. The predicted octanol–water partition coefficient (Wildman–Crippen LogP) is 3.78. The number of hydrogen-bond donors (Lipinski definition) is 2. The van der Waals surface area contributed by atoms with Crippen LogP contribution in [-0.4, -0.2) is 31.1 Å². The molecule has 2 atom stereocenters. The molecule has 3 aliphatic rings. The first-order valence-electron chi connectivity index (χ1n) is 10.1. The van der Waals surface area contributed by atoms with Gasteiger partial charge in [-0.3, -0.25) is 4.79 Å². The van der Waals surface area contributed by atoms with E-state index in [2.05, 4.69) is 40.7 Å².